The van der Waals surface area contributed by atoms with Crippen LogP contribution >= 0.6 is 0 Å². The van der Waals surface area contributed by atoms with Gasteiger partial charge in [0.05, 0.1) is 0 Å². The van der Waals surface area contributed by atoms with E-state index in [2.05, 4.69) is 54.2 Å². The van der Waals surface area contributed by atoms with Crippen LogP contribution in [0.15, 0.2) is 24.8 Å². The first kappa shape index (κ1) is 13.8. The molecule has 0 aliphatic carbocycles. The average molecular weight is 232 g/mol. The molecule has 0 radical (unpaired) electrons. The van der Waals surface area contributed by atoms with E-state index in [1.165, 1.54) is 5.56 Å². The molecule has 0 aliphatic heterocycles. The second-order valence-corrected chi connectivity index (χ2v) is 6.42. The summed E-state index contributed by atoms with van der Waals surface area (Å²) in [6.07, 6.45) is 1.87. The van der Waals surface area contributed by atoms with Gasteiger partial charge in [-0.3, -0.25) is 0 Å². The van der Waals surface area contributed by atoms with Gasteiger partial charge in [-0.1, -0.05) is 39.5 Å². The van der Waals surface area contributed by atoms with Crippen molar-refractivity contribution in [3.05, 3.63) is 35.9 Å². The molecule has 1 aromatic rings. The zero-order valence-corrected chi connectivity index (χ0v) is 11.9. The first-order valence-corrected chi connectivity index (χ1v) is 6.09. The van der Waals surface area contributed by atoms with Crippen LogP contribution in [0.5, 0.6) is 5.75 Å². The van der Waals surface area contributed by atoms with Gasteiger partial charge in [0.2, 0.25) is 0 Å². The van der Waals surface area contributed by atoms with Gasteiger partial charge in [-0.15, -0.1) is 0 Å². The molecule has 1 nitrogen and oxygen atoms in total. The summed E-state index contributed by atoms with van der Waals surface area (Å²) in [5.74, 6) is 0.968. The maximum Gasteiger partial charge on any atom is 0.123 e. The fourth-order valence-corrected chi connectivity index (χ4v) is 1.68. The highest BCUT2D eigenvalue weighted by molar-refractivity contribution is 5.53. The molecule has 1 rings (SSSR count). The van der Waals surface area contributed by atoms with Crippen LogP contribution < -0.4 is 4.74 Å². The molecule has 0 aliphatic rings. The van der Waals surface area contributed by atoms with Crippen molar-refractivity contribution in [2.75, 3.05) is 0 Å². The predicted molar refractivity (Wildman–Crippen MR) is 75.6 cm³/mol. The standard InChI is InChI=1S/C16H24O/c1-8-12-9-10-14(17-16(5,6)7)13(11-12)15(2,3)4/h8-11H,1H2,2-7H3. The van der Waals surface area contributed by atoms with Gasteiger partial charge in [0.15, 0.2) is 0 Å². The van der Waals surface area contributed by atoms with Crippen molar-refractivity contribution in [3.63, 3.8) is 0 Å². The van der Waals surface area contributed by atoms with Crippen molar-refractivity contribution >= 4 is 6.08 Å². The largest absolute Gasteiger partial charge is 0.488 e. The quantitative estimate of drug-likeness (QED) is 0.711. The smallest absolute Gasteiger partial charge is 0.123 e. The molecule has 0 unspecified atom stereocenters. The molecule has 0 N–H and O–H groups in total. The Morgan fingerprint density at radius 3 is 2.06 bits per heavy atom. The van der Waals surface area contributed by atoms with E-state index in [1.54, 1.807) is 0 Å². The third-order valence-corrected chi connectivity index (χ3v) is 2.46. The minimum absolute atomic E-state index is 0.0691. The summed E-state index contributed by atoms with van der Waals surface area (Å²) in [5, 5.41) is 0. The Morgan fingerprint density at radius 1 is 1.06 bits per heavy atom. The molecule has 0 amide bonds. The van der Waals surface area contributed by atoms with E-state index in [0.717, 1.165) is 11.3 Å². The lowest BCUT2D eigenvalue weighted by atomic mass is 9.85. The minimum Gasteiger partial charge on any atom is -0.488 e. The molecule has 94 valence electrons. The fourth-order valence-electron chi connectivity index (χ4n) is 1.68. The molecule has 0 spiro atoms. The first-order chi connectivity index (χ1) is 7.63. The Labute approximate surface area is 106 Å². The molecule has 0 saturated heterocycles. The number of hydrogen-bond donors (Lipinski definition) is 0. The maximum absolute atomic E-state index is 6.02. The first-order valence-electron chi connectivity index (χ1n) is 6.09. The Kier molecular flexibility index (Phi) is 3.71. The van der Waals surface area contributed by atoms with Crippen LogP contribution in [-0.4, -0.2) is 5.60 Å². The van der Waals surface area contributed by atoms with Gasteiger partial charge in [0.25, 0.3) is 0 Å². The summed E-state index contributed by atoms with van der Waals surface area (Å²) in [7, 11) is 0. The lowest BCUT2D eigenvalue weighted by Crippen LogP contribution is -2.25. The van der Waals surface area contributed by atoms with Crippen LogP contribution in [0.25, 0.3) is 6.08 Å². The van der Waals surface area contributed by atoms with Crippen LogP contribution in [0.1, 0.15) is 52.7 Å². The number of rotatable bonds is 2. The van der Waals surface area contributed by atoms with Gasteiger partial charge < -0.3 is 4.74 Å². The SMILES string of the molecule is C=Cc1ccc(OC(C)(C)C)c(C(C)(C)C)c1. The third-order valence-electron chi connectivity index (χ3n) is 2.46. The topological polar surface area (TPSA) is 9.23 Å². The molecular formula is C16H24O. The zero-order valence-electron chi connectivity index (χ0n) is 11.9. The Bertz CT molecular complexity index is 403. The highest BCUT2D eigenvalue weighted by atomic mass is 16.5. The Morgan fingerprint density at radius 2 is 1.65 bits per heavy atom. The Balaban J connectivity index is 3.25. The third kappa shape index (κ3) is 3.92. The van der Waals surface area contributed by atoms with Crippen LogP contribution in [0, 0.1) is 0 Å². The highest BCUT2D eigenvalue weighted by Gasteiger charge is 2.22. The highest BCUT2D eigenvalue weighted by Crippen LogP contribution is 2.34. The van der Waals surface area contributed by atoms with Crippen molar-refractivity contribution in [3.8, 4) is 5.75 Å². The molecule has 17 heavy (non-hydrogen) atoms. The maximum atomic E-state index is 6.02. The molecule has 1 aromatic carbocycles. The Hall–Kier alpha value is -1.24. The van der Waals surface area contributed by atoms with E-state index >= 15 is 0 Å². The summed E-state index contributed by atoms with van der Waals surface area (Å²) in [5.41, 5.74) is 2.26. The van der Waals surface area contributed by atoms with E-state index in [1.807, 2.05) is 18.2 Å². The van der Waals surface area contributed by atoms with Crippen molar-refractivity contribution in [1.29, 1.82) is 0 Å². The molecule has 0 bridgehead atoms. The molecular weight excluding hydrogens is 208 g/mol. The molecule has 0 atom stereocenters. The van der Waals surface area contributed by atoms with Gasteiger partial charge in [-0.05, 0) is 43.9 Å². The van der Waals surface area contributed by atoms with E-state index in [9.17, 15) is 0 Å². The molecule has 0 heterocycles. The summed E-state index contributed by atoms with van der Waals surface area (Å²) in [6.45, 7) is 16.6. The van der Waals surface area contributed by atoms with Gasteiger partial charge >= 0.3 is 0 Å². The van der Waals surface area contributed by atoms with Crippen LogP contribution in [0.4, 0.5) is 0 Å². The predicted octanol–water partition coefficient (Wildman–Crippen LogP) is 4.80. The van der Waals surface area contributed by atoms with Crippen LogP contribution in [-0.2, 0) is 5.41 Å². The molecule has 0 saturated carbocycles. The van der Waals surface area contributed by atoms with E-state index in [0.29, 0.717) is 0 Å². The normalized spacial score (nSPS) is 12.4. The van der Waals surface area contributed by atoms with Gasteiger partial charge in [-0.2, -0.15) is 0 Å². The summed E-state index contributed by atoms with van der Waals surface area (Å²) >= 11 is 0. The fraction of sp³-hybridized carbons (Fsp3) is 0.500. The summed E-state index contributed by atoms with van der Waals surface area (Å²) in [6, 6.07) is 6.25. The van der Waals surface area contributed by atoms with Crippen molar-refractivity contribution < 1.29 is 4.74 Å². The summed E-state index contributed by atoms with van der Waals surface area (Å²) in [4.78, 5) is 0. The number of ether oxygens (including phenoxy) is 1. The second kappa shape index (κ2) is 4.56. The van der Waals surface area contributed by atoms with E-state index < -0.39 is 0 Å². The van der Waals surface area contributed by atoms with Crippen molar-refractivity contribution in [1.82, 2.24) is 0 Å². The van der Waals surface area contributed by atoms with Crippen LogP contribution in [0.2, 0.25) is 0 Å². The molecule has 0 aromatic heterocycles. The minimum atomic E-state index is -0.171. The molecule has 1 heteroatoms. The monoisotopic (exact) mass is 232 g/mol. The van der Waals surface area contributed by atoms with E-state index in [-0.39, 0.29) is 11.0 Å². The van der Waals surface area contributed by atoms with Gasteiger partial charge in [0, 0.05) is 5.56 Å². The number of hydrogen-bond acceptors (Lipinski definition) is 1. The van der Waals surface area contributed by atoms with Crippen molar-refractivity contribution in [2.45, 2.75) is 52.6 Å². The lowest BCUT2D eigenvalue weighted by molar-refractivity contribution is 0.128. The van der Waals surface area contributed by atoms with Gasteiger partial charge in [0.1, 0.15) is 11.4 Å². The average Bonchev–Trinajstić information content (AvgIpc) is 2.14. The number of benzene rings is 1. The summed E-state index contributed by atoms with van der Waals surface area (Å²) < 4.78 is 6.02. The van der Waals surface area contributed by atoms with Crippen LogP contribution in [0.3, 0.4) is 0 Å². The second-order valence-electron chi connectivity index (χ2n) is 6.42. The lowest BCUT2D eigenvalue weighted by Gasteiger charge is -2.28. The van der Waals surface area contributed by atoms with Gasteiger partial charge in [-0.25, -0.2) is 0 Å². The van der Waals surface area contributed by atoms with E-state index in [4.69, 9.17) is 4.74 Å². The zero-order chi connectivity index (χ0) is 13.3. The van der Waals surface area contributed by atoms with Crippen molar-refractivity contribution in [2.24, 2.45) is 0 Å². The molecule has 0 fully saturated rings.